The van der Waals surface area contributed by atoms with Crippen molar-refractivity contribution in [3.63, 3.8) is 0 Å². The molecule has 1 aromatic heterocycles. The van der Waals surface area contributed by atoms with Gasteiger partial charge in [0.05, 0.1) is 12.2 Å². The molecule has 0 aromatic carbocycles. The van der Waals surface area contributed by atoms with E-state index in [0.717, 1.165) is 24.1 Å². The van der Waals surface area contributed by atoms with Crippen molar-refractivity contribution in [1.29, 1.82) is 5.26 Å². The number of pyridine rings is 1. The lowest BCUT2D eigenvalue weighted by molar-refractivity contribution is -0.0730. The van der Waals surface area contributed by atoms with Crippen LogP contribution in [0.15, 0.2) is 6.07 Å². The van der Waals surface area contributed by atoms with Crippen LogP contribution in [0.2, 0.25) is 0 Å². The third kappa shape index (κ3) is 3.24. The van der Waals surface area contributed by atoms with Crippen LogP contribution in [0.3, 0.4) is 0 Å². The molecule has 0 bridgehead atoms. The van der Waals surface area contributed by atoms with Crippen LogP contribution in [0, 0.1) is 25.2 Å². The van der Waals surface area contributed by atoms with E-state index in [-0.39, 0.29) is 18.3 Å². The minimum Gasteiger partial charge on any atom is -0.473 e. The highest BCUT2D eigenvalue weighted by Gasteiger charge is 2.27. The van der Waals surface area contributed by atoms with Crippen LogP contribution in [-0.4, -0.2) is 23.3 Å². The summed E-state index contributed by atoms with van der Waals surface area (Å²) in [5.74, 6) is 0.464. The molecular formula is C15H20N2O2. The fourth-order valence-corrected chi connectivity index (χ4v) is 2.62. The Labute approximate surface area is 114 Å². The van der Waals surface area contributed by atoms with Gasteiger partial charge in [-0.25, -0.2) is 4.98 Å². The first-order valence-corrected chi connectivity index (χ1v) is 6.70. The number of hydrogen-bond acceptors (Lipinski definition) is 4. The van der Waals surface area contributed by atoms with Gasteiger partial charge in [-0.1, -0.05) is 0 Å². The number of aryl methyl sites for hydroxylation is 2. The molecule has 0 aliphatic carbocycles. The average molecular weight is 260 g/mol. The van der Waals surface area contributed by atoms with E-state index in [1.165, 1.54) is 0 Å². The third-order valence-electron chi connectivity index (χ3n) is 3.36. The second-order valence-corrected chi connectivity index (χ2v) is 5.34. The van der Waals surface area contributed by atoms with Gasteiger partial charge in [0.15, 0.2) is 0 Å². The lowest BCUT2D eigenvalue weighted by Crippen LogP contribution is -2.36. The van der Waals surface area contributed by atoms with E-state index in [4.69, 9.17) is 9.47 Å². The zero-order valence-corrected chi connectivity index (χ0v) is 11.9. The van der Waals surface area contributed by atoms with Crippen molar-refractivity contribution in [3.8, 4) is 11.9 Å². The van der Waals surface area contributed by atoms with Crippen LogP contribution in [-0.2, 0) is 4.74 Å². The van der Waals surface area contributed by atoms with Gasteiger partial charge in [0.25, 0.3) is 0 Å². The molecule has 2 atom stereocenters. The molecule has 4 nitrogen and oxygen atoms in total. The summed E-state index contributed by atoms with van der Waals surface area (Å²) < 4.78 is 11.7. The summed E-state index contributed by atoms with van der Waals surface area (Å²) in [5, 5.41) is 9.23. The van der Waals surface area contributed by atoms with Crippen molar-refractivity contribution >= 4 is 0 Å². The Balaban J connectivity index is 2.21. The molecule has 0 amide bonds. The van der Waals surface area contributed by atoms with Crippen LogP contribution in [0.5, 0.6) is 5.88 Å². The fourth-order valence-electron chi connectivity index (χ4n) is 2.62. The van der Waals surface area contributed by atoms with Crippen molar-refractivity contribution in [2.24, 2.45) is 0 Å². The fraction of sp³-hybridized carbons (Fsp3) is 0.600. The van der Waals surface area contributed by atoms with E-state index in [0.29, 0.717) is 11.4 Å². The number of nitriles is 1. The number of rotatable bonds is 2. The summed E-state index contributed by atoms with van der Waals surface area (Å²) in [7, 11) is 0. The van der Waals surface area contributed by atoms with E-state index in [1.54, 1.807) is 0 Å². The van der Waals surface area contributed by atoms with E-state index >= 15 is 0 Å². The van der Waals surface area contributed by atoms with E-state index in [9.17, 15) is 5.26 Å². The van der Waals surface area contributed by atoms with Gasteiger partial charge in [0, 0.05) is 18.5 Å². The van der Waals surface area contributed by atoms with Gasteiger partial charge >= 0.3 is 0 Å². The van der Waals surface area contributed by atoms with Crippen LogP contribution in [0.1, 0.15) is 43.5 Å². The van der Waals surface area contributed by atoms with Crippen LogP contribution in [0.25, 0.3) is 0 Å². The van der Waals surface area contributed by atoms with Gasteiger partial charge in [-0.05, 0) is 39.3 Å². The first kappa shape index (κ1) is 13.8. The normalized spacial score (nSPS) is 26.8. The van der Waals surface area contributed by atoms with Gasteiger partial charge in [0.1, 0.15) is 17.7 Å². The summed E-state index contributed by atoms with van der Waals surface area (Å²) in [6.07, 6.45) is 2.11. The van der Waals surface area contributed by atoms with Crippen molar-refractivity contribution < 1.29 is 9.47 Å². The molecule has 1 aliphatic rings. The second kappa shape index (κ2) is 5.58. The second-order valence-electron chi connectivity index (χ2n) is 5.34. The molecule has 2 unspecified atom stereocenters. The highest BCUT2D eigenvalue weighted by molar-refractivity contribution is 5.45. The topological polar surface area (TPSA) is 55.1 Å². The molecule has 0 N–H and O–H groups in total. The Kier molecular flexibility index (Phi) is 4.06. The maximum absolute atomic E-state index is 9.23. The largest absolute Gasteiger partial charge is 0.473 e. The smallest absolute Gasteiger partial charge is 0.232 e. The quantitative estimate of drug-likeness (QED) is 0.820. The van der Waals surface area contributed by atoms with Gasteiger partial charge < -0.3 is 9.47 Å². The summed E-state index contributed by atoms with van der Waals surface area (Å²) in [5.41, 5.74) is 2.33. The maximum Gasteiger partial charge on any atom is 0.232 e. The van der Waals surface area contributed by atoms with Crippen molar-refractivity contribution in [3.05, 3.63) is 22.9 Å². The highest BCUT2D eigenvalue weighted by atomic mass is 16.5. The lowest BCUT2D eigenvalue weighted by atomic mass is 10.0. The zero-order chi connectivity index (χ0) is 14.0. The van der Waals surface area contributed by atoms with E-state index < -0.39 is 0 Å². The summed E-state index contributed by atoms with van der Waals surface area (Å²) in [6.45, 7) is 7.92. The Morgan fingerprint density at radius 3 is 2.53 bits per heavy atom. The van der Waals surface area contributed by atoms with Gasteiger partial charge in [-0.2, -0.15) is 5.26 Å². The minimum atomic E-state index is 0.0690. The van der Waals surface area contributed by atoms with Crippen LogP contribution < -0.4 is 4.74 Å². The molecular weight excluding hydrogens is 240 g/mol. The van der Waals surface area contributed by atoms with Crippen molar-refractivity contribution in [2.75, 3.05) is 0 Å². The standard InChI is InChI=1S/C15H20N2O2/c1-9-5-10(2)17-15(14(9)8-16)19-13-6-11(3)18-12(4)7-13/h5,11-13H,6-7H2,1-4H3. The first-order valence-electron chi connectivity index (χ1n) is 6.70. The average Bonchev–Trinajstić information content (AvgIpc) is 2.26. The SMILES string of the molecule is Cc1cc(C)c(C#N)c(OC2CC(C)OC(C)C2)n1. The molecule has 2 heterocycles. The third-order valence-corrected chi connectivity index (χ3v) is 3.36. The molecule has 0 saturated carbocycles. The summed E-state index contributed by atoms with van der Waals surface area (Å²) >= 11 is 0. The maximum atomic E-state index is 9.23. The highest BCUT2D eigenvalue weighted by Crippen LogP contribution is 2.26. The number of ether oxygens (including phenoxy) is 2. The summed E-state index contributed by atoms with van der Waals surface area (Å²) in [4.78, 5) is 4.36. The van der Waals surface area contributed by atoms with Crippen molar-refractivity contribution in [2.45, 2.75) is 58.8 Å². The molecule has 2 rings (SSSR count). The minimum absolute atomic E-state index is 0.0690. The molecule has 102 valence electrons. The predicted molar refractivity (Wildman–Crippen MR) is 72.1 cm³/mol. The van der Waals surface area contributed by atoms with Gasteiger partial charge in [-0.15, -0.1) is 0 Å². The van der Waals surface area contributed by atoms with Gasteiger partial charge in [-0.3, -0.25) is 0 Å². The number of nitrogens with zero attached hydrogens (tertiary/aromatic N) is 2. The molecule has 1 fully saturated rings. The summed E-state index contributed by atoms with van der Waals surface area (Å²) in [6, 6.07) is 4.09. The Bertz CT molecular complexity index is 498. The molecule has 1 aromatic rings. The Hall–Kier alpha value is -1.60. The van der Waals surface area contributed by atoms with E-state index in [1.807, 2.05) is 33.8 Å². The van der Waals surface area contributed by atoms with Crippen molar-refractivity contribution in [1.82, 2.24) is 4.98 Å². The molecule has 4 heteroatoms. The Morgan fingerprint density at radius 1 is 1.32 bits per heavy atom. The van der Waals surface area contributed by atoms with E-state index in [2.05, 4.69) is 11.1 Å². The number of hydrogen-bond donors (Lipinski definition) is 0. The molecule has 0 radical (unpaired) electrons. The lowest BCUT2D eigenvalue weighted by Gasteiger charge is -2.32. The first-order chi connectivity index (χ1) is 8.99. The molecule has 1 saturated heterocycles. The van der Waals surface area contributed by atoms with Crippen LogP contribution in [0.4, 0.5) is 0 Å². The van der Waals surface area contributed by atoms with Gasteiger partial charge in [0.2, 0.25) is 5.88 Å². The molecule has 0 spiro atoms. The molecule has 19 heavy (non-hydrogen) atoms. The monoisotopic (exact) mass is 260 g/mol. The predicted octanol–water partition coefficient (Wildman–Crippen LogP) is 2.90. The Morgan fingerprint density at radius 2 is 1.95 bits per heavy atom. The number of aromatic nitrogens is 1. The zero-order valence-electron chi connectivity index (χ0n) is 11.9. The molecule has 1 aliphatic heterocycles. The van der Waals surface area contributed by atoms with Crippen LogP contribution >= 0.6 is 0 Å².